The summed E-state index contributed by atoms with van der Waals surface area (Å²) in [7, 11) is 1.60. The summed E-state index contributed by atoms with van der Waals surface area (Å²) in [6.07, 6.45) is 1.79. The van der Waals surface area contributed by atoms with E-state index in [-0.39, 0.29) is 12.5 Å². The molecule has 0 bridgehead atoms. The molecule has 0 atom stereocenters. The third kappa shape index (κ3) is 5.55. The molecule has 0 saturated heterocycles. The molecule has 0 radical (unpaired) electrons. The molecule has 144 valence electrons. The fourth-order valence-electron chi connectivity index (χ4n) is 2.38. The van der Waals surface area contributed by atoms with Gasteiger partial charge in [-0.15, -0.1) is 22.7 Å². The number of hydrogen-bond donors (Lipinski definition) is 1. The third-order valence-corrected chi connectivity index (χ3v) is 5.54. The summed E-state index contributed by atoms with van der Waals surface area (Å²) in [4.78, 5) is 26.3. The van der Waals surface area contributed by atoms with Crippen molar-refractivity contribution in [3.05, 3.63) is 74.6 Å². The molecule has 5 nitrogen and oxygen atoms in total. The van der Waals surface area contributed by atoms with E-state index < -0.39 is 5.97 Å². The Hall–Kier alpha value is -2.90. The zero-order chi connectivity index (χ0) is 19.8. The molecular weight excluding hydrogens is 394 g/mol. The molecule has 0 fully saturated rings. The quantitative estimate of drug-likeness (QED) is 0.444. The summed E-state index contributed by atoms with van der Waals surface area (Å²) in [5.74, 6) is -0.121. The van der Waals surface area contributed by atoms with Gasteiger partial charge in [-0.05, 0) is 46.7 Å². The largest absolute Gasteiger partial charge is 0.497 e. The van der Waals surface area contributed by atoms with Gasteiger partial charge in [-0.25, -0.2) is 4.79 Å². The molecule has 0 unspecified atom stereocenters. The second-order valence-electron chi connectivity index (χ2n) is 5.75. The maximum absolute atomic E-state index is 12.5. The highest BCUT2D eigenvalue weighted by Gasteiger charge is 2.16. The van der Waals surface area contributed by atoms with Crippen LogP contribution in [0, 0.1) is 0 Å². The average Bonchev–Trinajstić information content (AvgIpc) is 3.43. The molecule has 2 aromatic heterocycles. The molecule has 7 heteroatoms. The Morgan fingerprint density at radius 3 is 2.43 bits per heavy atom. The van der Waals surface area contributed by atoms with Gasteiger partial charge in [0.2, 0.25) is 0 Å². The van der Waals surface area contributed by atoms with Crippen LogP contribution in [0.15, 0.2) is 59.3 Å². The number of carbonyl (C=O) groups is 2. The Balaban J connectivity index is 1.55. The Labute approximate surface area is 171 Å². The highest BCUT2D eigenvalue weighted by Crippen LogP contribution is 2.25. The lowest BCUT2D eigenvalue weighted by atomic mass is 10.2. The van der Waals surface area contributed by atoms with Gasteiger partial charge < -0.3 is 14.8 Å². The van der Waals surface area contributed by atoms with Crippen molar-refractivity contribution in [2.45, 2.75) is 6.54 Å². The van der Waals surface area contributed by atoms with Crippen molar-refractivity contribution >= 4 is 46.2 Å². The lowest BCUT2D eigenvalue weighted by Gasteiger charge is -2.09. The van der Waals surface area contributed by atoms with Crippen molar-refractivity contribution in [2.24, 2.45) is 0 Å². The average molecular weight is 414 g/mol. The summed E-state index contributed by atoms with van der Waals surface area (Å²) >= 11 is 2.98. The van der Waals surface area contributed by atoms with Crippen molar-refractivity contribution in [3.63, 3.8) is 0 Å². The lowest BCUT2D eigenvalue weighted by Crippen LogP contribution is -2.28. The Kier molecular flexibility index (Phi) is 7.00. The van der Waals surface area contributed by atoms with Gasteiger partial charge in [-0.3, -0.25) is 4.79 Å². The van der Waals surface area contributed by atoms with E-state index in [0.29, 0.717) is 12.1 Å². The van der Waals surface area contributed by atoms with Gasteiger partial charge in [0.1, 0.15) is 5.75 Å². The molecule has 0 aliphatic carbocycles. The molecule has 2 heterocycles. The summed E-state index contributed by atoms with van der Waals surface area (Å²) < 4.78 is 10.3. The van der Waals surface area contributed by atoms with Crippen molar-refractivity contribution in [3.8, 4) is 5.75 Å². The van der Waals surface area contributed by atoms with E-state index in [9.17, 15) is 9.59 Å². The number of carbonyl (C=O) groups excluding carboxylic acids is 2. The van der Waals surface area contributed by atoms with Crippen LogP contribution >= 0.6 is 22.7 Å². The van der Waals surface area contributed by atoms with Crippen LogP contribution in [-0.4, -0.2) is 25.6 Å². The number of esters is 1. The number of rotatable bonds is 8. The minimum Gasteiger partial charge on any atom is -0.497 e. The number of nitrogens with one attached hydrogen (secondary N) is 1. The Morgan fingerprint density at radius 2 is 1.79 bits per heavy atom. The molecule has 0 spiro atoms. The SMILES string of the molecule is COc1ccc(CNC(=O)COC(=O)/C(=C/c2cccs2)c2cccs2)cc1. The van der Waals surface area contributed by atoms with Crippen LogP contribution in [-0.2, 0) is 20.9 Å². The third-order valence-electron chi connectivity index (χ3n) is 3.82. The first-order chi connectivity index (χ1) is 13.7. The Morgan fingerprint density at radius 1 is 1.04 bits per heavy atom. The number of methoxy groups -OCH3 is 1. The van der Waals surface area contributed by atoms with Crippen LogP contribution < -0.4 is 10.1 Å². The molecule has 0 saturated carbocycles. The molecule has 28 heavy (non-hydrogen) atoms. The van der Waals surface area contributed by atoms with E-state index in [1.807, 2.05) is 59.3 Å². The molecular formula is C21H19NO4S2. The predicted molar refractivity (Wildman–Crippen MR) is 112 cm³/mol. The van der Waals surface area contributed by atoms with Gasteiger partial charge in [0.25, 0.3) is 5.91 Å². The van der Waals surface area contributed by atoms with Crippen molar-refractivity contribution in [1.29, 1.82) is 0 Å². The number of ether oxygens (including phenoxy) is 2. The van der Waals surface area contributed by atoms with Crippen LogP contribution in [0.4, 0.5) is 0 Å². The van der Waals surface area contributed by atoms with Crippen molar-refractivity contribution < 1.29 is 19.1 Å². The highest BCUT2D eigenvalue weighted by atomic mass is 32.1. The topological polar surface area (TPSA) is 64.6 Å². The first-order valence-corrected chi connectivity index (χ1v) is 10.3. The van der Waals surface area contributed by atoms with Crippen LogP contribution in [0.3, 0.4) is 0 Å². The van der Waals surface area contributed by atoms with Crippen molar-refractivity contribution in [2.75, 3.05) is 13.7 Å². The smallest absolute Gasteiger partial charge is 0.340 e. The molecule has 1 aromatic carbocycles. The molecule has 0 aliphatic heterocycles. The maximum atomic E-state index is 12.5. The summed E-state index contributed by atoms with van der Waals surface area (Å²) in [6.45, 7) is 0.0192. The van der Waals surface area contributed by atoms with Crippen LogP contribution in [0.2, 0.25) is 0 Å². The van der Waals surface area contributed by atoms with Gasteiger partial charge in [0, 0.05) is 16.3 Å². The number of amides is 1. The highest BCUT2D eigenvalue weighted by molar-refractivity contribution is 7.12. The minimum absolute atomic E-state index is 0.331. The zero-order valence-corrected chi connectivity index (χ0v) is 16.8. The van der Waals surface area contributed by atoms with E-state index in [4.69, 9.17) is 9.47 Å². The number of hydrogen-bond acceptors (Lipinski definition) is 6. The predicted octanol–water partition coefficient (Wildman–Crippen LogP) is 4.22. The zero-order valence-electron chi connectivity index (χ0n) is 15.2. The van der Waals surface area contributed by atoms with Gasteiger partial charge in [0.15, 0.2) is 6.61 Å². The number of thiophene rings is 2. The summed E-state index contributed by atoms with van der Waals surface area (Å²) in [6, 6.07) is 14.9. The van der Waals surface area contributed by atoms with E-state index in [1.165, 1.54) is 22.7 Å². The normalized spacial score (nSPS) is 11.1. The van der Waals surface area contributed by atoms with Gasteiger partial charge in [-0.1, -0.05) is 24.3 Å². The van der Waals surface area contributed by atoms with Crippen LogP contribution in [0.25, 0.3) is 11.6 Å². The van der Waals surface area contributed by atoms with Crippen LogP contribution in [0.1, 0.15) is 15.3 Å². The molecule has 1 N–H and O–H groups in total. The van der Waals surface area contributed by atoms with E-state index in [0.717, 1.165) is 21.1 Å². The monoisotopic (exact) mass is 413 g/mol. The fraction of sp³-hybridized carbons (Fsp3) is 0.143. The first-order valence-electron chi connectivity index (χ1n) is 8.51. The second kappa shape index (κ2) is 9.87. The molecule has 1 amide bonds. The van der Waals surface area contributed by atoms with Crippen LogP contribution in [0.5, 0.6) is 5.75 Å². The standard InChI is InChI=1S/C21H19NO4S2/c1-25-16-8-6-15(7-9-16)13-22-20(23)14-26-21(24)18(19-5-3-11-28-19)12-17-4-2-10-27-17/h2-12H,13-14H2,1H3,(H,22,23)/b18-12+. The van der Waals surface area contributed by atoms with E-state index in [1.54, 1.807) is 13.2 Å². The minimum atomic E-state index is -0.518. The van der Waals surface area contributed by atoms with Gasteiger partial charge in [0.05, 0.1) is 12.7 Å². The van der Waals surface area contributed by atoms with Gasteiger partial charge in [-0.2, -0.15) is 0 Å². The number of benzene rings is 1. The molecule has 0 aliphatic rings. The second-order valence-corrected chi connectivity index (χ2v) is 7.68. The van der Waals surface area contributed by atoms with E-state index in [2.05, 4.69) is 5.32 Å². The fourth-order valence-corrected chi connectivity index (χ4v) is 3.77. The maximum Gasteiger partial charge on any atom is 0.340 e. The molecule has 3 rings (SSSR count). The Bertz CT molecular complexity index is 929. The van der Waals surface area contributed by atoms with E-state index >= 15 is 0 Å². The van der Waals surface area contributed by atoms with Crippen molar-refractivity contribution in [1.82, 2.24) is 5.32 Å². The lowest BCUT2D eigenvalue weighted by molar-refractivity contribution is -0.142. The first kappa shape index (κ1) is 19.9. The summed E-state index contributed by atoms with van der Waals surface area (Å²) in [5.41, 5.74) is 1.37. The van der Waals surface area contributed by atoms with Gasteiger partial charge >= 0.3 is 5.97 Å². The molecule has 3 aromatic rings. The summed E-state index contributed by atoms with van der Waals surface area (Å²) in [5, 5.41) is 6.57.